The van der Waals surface area contributed by atoms with Crippen LogP contribution < -0.4 is 4.72 Å². The zero-order valence-corrected chi connectivity index (χ0v) is 12.0. The van der Waals surface area contributed by atoms with Crippen molar-refractivity contribution in [3.05, 3.63) is 40.8 Å². The van der Waals surface area contributed by atoms with Crippen molar-refractivity contribution in [1.29, 1.82) is 0 Å². The van der Waals surface area contributed by atoms with Crippen LogP contribution in [0.3, 0.4) is 0 Å². The third kappa shape index (κ3) is 3.38. The number of thiophene rings is 1. The summed E-state index contributed by atoms with van der Waals surface area (Å²) in [4.78, 5) is 18.7. The van der Waals surface area contributed by atoms with Gasteiger partial charge in [0.1, 0.15) is 14.9 Å². The lowest BCUT2D eigenvalue weighted by Crippen LogP contribution is -2.23. The SMILES string of the molecule is Cc1nccc(CNS(=O)(=O)c2ccc(C(=O)O)s2)n1. The number of nitrogens with zero attached hydrogens (tertiary/aromatic N) is 2. The minimum Gasteiger partial charge on any atom is -0.477 e. The highest BCUT2D eigenvalue weighted by atomic mass is 32.2. The zero-order chi connectivity index (χ0) is 14.8. The fourth-order valence-corrected chi connectivity index (χ4v) is 3.61. The topological polar surface area (TPSA) is 109 Å². The van der Waals surface area contributed by atoms with E-state index in [1.807, 2.05) is 0 Å². The minimum absolute atomic E-state index is 0.0198. The number of nitrogens with one attached hydrogen (secondary N) is 1. The lowest BCUT2D eigenvalue weighted by atomic mass is 10.4. The summed E-state index contributed by atoms with van der Waals surface area (Å²) in [6.07, 6.45) is 1.54. The highest BCUT2D eigenvalue weighted by molar-refractivity contribution is 7.91. The standard InChI is InChI=1S/C11H11N3O4S2/c1-7-12-5-4-8(14-7)6-13-20(17,18)10-3-2-9(19-10)11(15)16/h2-5,13H,6H2,1H3,(H,15,16). The summed E-state index contributed by atoms with van der Waals surface area (Å²) in [5.74, 6) is -0.603. The van der Waals surface area contributed by atoms with Gasteiger partial charge in [0.15, 0.2) is 0 Å². The average molecular weight is 313 g/mol. The summed E-state index contributed by atoms with van der Waals surface area (Å²) in [6.45, 7) is 1.72. The first-order valence-electron chi connectivity index (χ1n) is 5.50. The van der Waals surface area contributed by atoms with Crippen molar-refractivity contribution < 1.29 is 18.3 Å². The molecule has 0 atom stereocenters. The van der Waals surface area contributed by atoms with Crippen LogP contribution in [0, 0.1) is 6.92 Å². The molecule has 2 rings (SSSR count). The first-order valence-corrected chi connectivity index (χ1v) is 7.80. The van der Waals surface area contributed by atoms with Gasteiger partial charge in [0.25, 0.3) is 0 Å². The van der Waals surface area contributed by atoms with E-state index in [-0.39, 0.29) is 15.6 Å². The number of hydrogen-bond donors (Lipinski definition) is 2. The predicted octanol–water partition coefficient (Wildman–Crippen LogP) is 1.02. The second-order valence-electron chi connectivity index (χ2n) is 3.84. The van der Waals surface area contributed by atoms with Crippen molar-refractivity contribution in [3.63, 3.8) is 0 Å². The fraction of sp³-hybridized carbons (Fsp3) is 0.182. The van der Waals surface area contributed by atoms with Gasteiger partial charge in [-0.2, -0.15) is 0 Å². The first kappa shape index (κ1) is 14.6. The Hall–Kier alpha value is -1.84. The molecule has 0 saturated carbocycles. The van der Waals surface area contributed by atoms with Crippen LogP contribution in [-0.2, 0) is 16.6 Å². The lowest BCUT2D eigenvalue weighted by Gasteiger charge is -2.04. The van der Waals surface area contributed by atoms with Crippen LogP contribution in [0.4, 0.5) is 0 Å². The van der Waals surface area contributed by atoms with Crippen LogP contribution in [0.15, 0.2) is 28.6 Å². The highest BCUT2D eigenvalue weighted by Crippen LogP contribution is 2.21. The number of hydrogen-bond acceptors (Lipinski definition) is 6. The van der Waals surface area contributed by atoms with Gasteiger partial charge in [0, 0.05) is 6.20 Å². The van der Waals surface area contributed by atoms with Crippen molar-refractivity contribution in [2.45, 2.75) is 17.7 Å². The monoisotopic (exact) mass is 313 g/mol. The molecule has 0 aliphatic carbocycles. The molecule has 20 heavy (non-hydrogen) atoms. The summed E-state index contributed by atoms with van der Waals surface area (Å²) >= 11 is 0.703. The van der Waals surface area contributed by atoms with E-state index in [0.29, 0.717) is 22.9 Å². The third-order valence-electron chi connectivity index (χ3n) is 2.33. The van der Waals surface area contributed by atoms with Gasteiger partial charge in [0.2, 0.25) is 10.0 Å². The smallest absolute Gasteiger partial charge is 0.345 e. The molecule has 0 bridgehead atoms. The van der Waals surface area contributed by atoms with E-state index >= 15 is 0 Å². The molecule has 0 amide bonds. The Kier molecular flexibility index (Phi) is 4.12. The Balaban J connectivity index is 2.12. The lowest BCUT2D eigenvalue weighted by molar-refractivity contribution is 0.0702. The van der Waals surface area contributed by atoms with Crippen LogP contribution in [0.5, 0.6) is 0 Å². The zero-order valence-electron chi connectivity index (χ0n) is 10.4. The van der Waals surface area contributed by atoms with Crippen molar-refractivity contribution in [2.75, 3.05) is 0 Å². The molecule has 2 N–H and O–H groups in total. The number of carbonyl (C=O) groups is 1. The number of aromatic nitrogens is 2. The maximum absolute atomic E-state index is 12.0. The Morgan fingerprint density at radius 1 is 1.40 bits per heavy atom. The number of aryl methyl sites for hydroxylation is 1. The van der Waals surface area contributed by atoms with E-state index in [0.717, 1.165) is 0 Å². The van der Waals surface area contributed by atoms with Gasteiger partial charge in [-0.1, -0.05) is 0 Å². The van der Waals surface area contributed by atoms with Gasteiger partial charge in [0.05, 0.1) is 12.2 Å². The largest absolute Gasteiger partial charge is 0.477 e. The summed E-state index contributed by atoms with van der Waals surface area (Å²) in [7, 11) is -3.74. The second kappa shape index (κ2) is 5.65. The van der Waals surface area contributed by atoms with E-state index in [9.17, 15) is 13.2 Å². The van der Waals surface area contributed by atoms with Gasteiger partial charge in [-0.15, -0.1) is 11.3 Å². The molecule has 0 spiro atoms. The molecule has 0 aliphatic rings. The number of aromatic carboxylic acids is 1. The molecule has 0 saturated heterocycles. The second-order valence-corrected chi connectivity index (χ2v) is 6.92. The van der Waals surface area contributed by atoms with Gasteiger partial charge < -0.3 is 5.11 Å². The molecule has 9 heteroatoms. The number of rotatable bonds is 5. The molecular weight excluding hydrogens is 302 g/mol. The molecule has 0 unspecified atom stereocenters. The van der Waals surface area contributed by atoms with Gasteiger partial charge in [-0.25, -0.2) is 27.9 Å². The Morgan fingerprint density at radius 2 is 2.15 bits per heavy atom. The molecule has 7 nitrogen and oxygen atoms in total. The Labute approximate surface area is 119 Å². The van der Waals surface area contributed by atoms with Crippen LogP contribution >= 0.6 is 11.3 Å². The Morgan fingerprint density at radius 3 is 2.75 bits per heavy atom. The van der Waals surface area contributed by atoms with E-state index in [1.165, 1.54) is 12.1 Å². The highest BCUT2D eigenvalue weighted by Gasteiger charge is 2.18. The van der Waals surface area contributed by atoms with E-state index in [1.54, 1.807) is 19.2 Å². The molecule has 0 aromatic carbocycles. The third-order valence-corrected chi connectivity index (χ3v) is 5.30. The molecule has 0 aliphatic heterocycles. The summed E-state index contributed by atoms with van der Waals surface area (Å²) in [5.41, 5.74) is 0.538. The van der Waals surface area contributed by atoms with Gasteiger partial charge in [-0.05, 0) is 25.1 Å². The van der Waals surface area contributed by atoms with Gasteiger partial charge >= 0.3 is 5.97 Å². The van der Waals surface area contributed by atoms with E-state index in [4.69, 9.17) is 5.11 Å². The van der Waals surface area contributed by atoms with Crippen molar-refractivity contribution >= 4 is 27.3 Å². The maximum Gasteiger partial charge on any atom is 0.345 e. The van der Waals surface area contributed by atoms with Crippen LogP contribution in [0.25, 0.3) is 0 Å². The van der Waals surface area contributed by atoms with E-state index in [2.05, 4.69) is 14.7 Å². The van der Waals surface area contributed by atoms with Gasteiger partial charge in [-0.3, -0.25) is 0 Å². The summed E-state index contributed by atoms with van der Waals surface area (Å²) in [5, 5.41) is 8.78. The van der Waals surface area contributed by atoms with Crippen molar-refractivity contribution in [3.8, 4) is 0 Å². The first-order chi connectivity index (χ1) is 9.38. The molecule has 0 radical (unpaired) electrons. The van der Waals surface area contributed by atoms with Crippen molar-refractivity contribution in [2.24, 2.45) is 0 Å². The minimum atomic E-state index is -3.74. The average Bonchev–Trinajstić information content (AvgIpc) is 2.87. The quantitative estimate of drug-likeness (QED) is 0.853. The molecule has 0 fully saturated rings. The normalized spacial score (nSPS) is 11.4. The summed E-state index contributed by atoms with van der Waals surface area (Å²) < 4.78 is 26.3. The molecular formula is C11H11N3O4S2. The van der Waals surface area contributed by atoms with Crippen LogP contribution in [-0.4, -0.2) is 29.5 Å². The van der Waals surface area contributed by atoms with E-state index < -0.39 is 16.0 Å². The van der Waals surface area contributed by atoms with Crippen LogP contribution in [0.2, 0.25) is 0 Å². The molecule has 2 heterocycles. The molecule has 2 aromatic rings. The van der Waals surface area contributed by atoms with Crippen molar-refractivity contribution in [1.82, 2.24) is 14.7 Å². The summed E-state index contributed by atoms with van der Waals surface area (Å²) in [6, 6.07) is 4.13. The Bertz CT molecular complexity index is 740. The number of sulfonamides is 1. The fourth-order valence-electron chi connectivity index (χ4n) is 1.42. The number of carboxylic acids is 1. The number of carboxylic acid groups (broad SMARTS) is 1. The molecule has 106 valence electrons. The molecule has 2 aromatic heterocycles. The maximum atomic E-state index is 12.0. The predicted molar refractivity (Wildman–Crippen MR) is 72.1 cm³/mol. The van der Waals surface area contributed by atoms with Crippen LogP contribution in [0.1, 0.15) is 21.2 Å².